The van der Waals surface area contributed by atoms with Crippen LogP contribution in [0.1, 0.15) is 6.42 Å². The maximum absolute atomic E-state index is 11.4. The summed E-state index contributed by atoms with van der Waals surface area (Å²) in [4.78, 5) is 0. The molecule has 0 aliphatic rings. The van der Waals surface area contributed by atoms with Gasteiger partial charge in [-0.2, -0.15) is 0 Å². The molecule has 42 valence electrons. The number of hydrogen-bond acceptors (Lipinski definition) is 0. The first-order valence-electron chi connectivity index (χ1n) is 2.83. The molecule has 0 saturated carbocycles. The first-order valence-corrected chi connectivity index (χ1v) is 5.96. The van der Waals surface area contributed by atoms with E-state index >= 15 is 0 Å². The maximum atomic E-state index is 11.4. The van der Waals surface area contributed by atoms with Gasteiger partial charge in [-0.1, -0.05) is 5.28 Å². The molecule has 7 heavy (non-hydrogen) atoms. The summed E-state index contributed by atoms with van der Waals surface area (Å²) in [5.41, 5.74) is 0. The van der Waals surface area contributed by atoms with Crippen molar-refractivity contribution >= 4 is 14.1 Å². The van der Waals surface area contributed by atoms with Gasteiger partial charge in [0.25, 0.3) is 14.1 Å². The van der Waals surface area contributed by atoms with E-state index in [4.69, 9.17) is 0 Å². The zero-order valence-corrected chi connectivity index (χ0v) is 6.23. The molecule has 0 aromatic rings. The van der Waals surface area contributed by atoms with Gasteiger partial charge in [-0.15, -0.1) is 11.6 Å². The number of hydrogen-bond donors (Lipinski definition) is 0. The summed E-state index contributed by atoms with van der Waals surface area (Å²) in [7, 11) is 0. The summed E-state index contributed by atoms with van der Waals surface area (Å²) in [5.74, 6) is 4.49. The molecule has 0 aliphatic carbocycles. The van der Waals surface area contributed by atoms with E-state index in [1.165, 1.54) is 0 Å². The highest BCUT2D eigenvalue weighted by molar-refractivity contribution is 6.55. The highest BCUT2D eigenvalue weighted by Gasteiger charge is 1.98. The summed E-state index contributed by atoms with van der Waals surface area (Å²) in [6.45, 7) is -0.120. The van der Waals surface area contributed by atoms with Crippen LogP contribution in [0, 0.1) is 0 Å². The van der Waals surface area contributed by atoms with E-state index in [0.29, 0.717) is 0 Å². The number of rotatable bonds is 3. The summed E-state index contributed by atoms with van der Waals surface area (Å²) in [5, 5.41) is 1.16. The normalized spacial score (nSPS) is 9.00. The van der Waals surface area contributed by atoms with Gasteiger partial charge in [-0.25, -0.2) is 0 Å². The summed E-state index contributed by atoms with van der Waals surface area (Å²) < 4.78 is 11.4. The Morgan fingerprint density at radius 2 is 2.00 bits per heavy atom. The van der Waals surface area contributed by atoms with E-state index in [1.807, 2.05) is 0 Å². The largest absolute Gasteiger partial charge is 0.255 e. The predicted octanol–water partition coefficient (Wildman–Crippen LogP) is 2.10. The van der Waals surface area contributed by atoms with Crippen LogP contribution in [0.25, 0.3) is 0 Å². The standard InChI is InChI=1S/C3H6F.2CH3.Al/c1-2-3-4;;;/h1-3H2;2*1H3;. The molecule has 0 unspecified atom stereocenters. The molecule has 0 atom stereocenters. The number of halogens is 1. The van der Waals surface area contributed by atoms with E-state index in [-0.39, 0.29) is 6.67 Å². The van der Waals surface area contributed by atoms with Crippen molar-refractivity contribution in [3.8, 4) is 0 Å². The Kier molecular flexibility index (Phi) is 4.92. The van der Waals surface area contributed by atoms with Crippen molar-refractivity contribution in [1.29, 1.82) is 0 Å². The summed E-state index contributed by atoms with van der Waals surface area (Å²) >= 11 is -0.428. The minimum atomic E-state index is -0.428. The Labute approximate surface area is 49.1 Å². The van der Waals surface area contributed by atoms with E-state index in [9.17, 15) is 4.39 Å². The van der Waals surface area contributed by atoms with Crippen LogP contribution in [0.4, 0.5) is 4.39 Å². The van der Waals surface area contributed by atoms with Crippen molar-refractivity contribution in [3.63, 3.8) is 0 Å². The number of alkyl halides is 1. The SMILES string of the molecule is [CH3][Al]([CH3])[CH2]CCF. The fraction of sp³-hybridized carbons (Fsp3) is 1.00. The Hall–Kier alpha value is 0.462. The van der Waals surface area contributed by atoms with E-state index < -0.39 is 14.1 Å². The van der Waals surface area contributed by atoms with Gasteiger partial charge in [-0.3, -0.25) is 4.39 Å². The first-order chi connectivity index (χ1) is 3.27. The highest BCUT2D eigenvalue weighted by atomic mass is 27.2. The fourth-order valence-electron chi connectivity index (χ4n) is 0.485. The van der Waals surface area contributed by atoms with Crippen molar-refractivity contribution in [2.75, 3.05) is 6.67 Å². The van der Waals surface area contributed by atoms with E-state index in [1.54, 1.807) is 0 Å². The molecule has 0 aromatic heterocycles. The highest BCUT2D eigenvalue weighted by Crippen LogP contribution is 1.95. The summed E-state index contributed by atoms with van der Waals surface area (Å²) in [6.07, 6.45) is 0.796. The molecule has 0 bridgehead atoms. The molecular weight excluding hydrogens is 106 g/mol. The Morgan fingerprint density at radius 3 is 2.14 bits per heavy atom. The van der Waals surface area contributed by atoms with Crippen molar-refractivity contribution in [2.24, 2.45) is 0 Å². The molecule has 0 radical (unpaired) electrons. The minimum Gasteiger partial charge on any atom is -0.251 e. The predicted molar refractivity (Wildman–Crippen MR) is 32.9 cm³/mol. The van der Waals surface area contributed by atoms with Gasteiger partial charge < -0.3 is 0 Å². The third kappa shape index (κ3) is 6.46. The average Bonchev–Trinajstić information content (AvgIpc) is 1.61. The van der Waals surface area contributed by atoms with Crippen LogP contribution < -0.4 is 0 Å². The maximum Gasteiger partial charge on any atom is 0.255 e. The van der Waals surface area contributed by atoms with Gasteiger partial charge in [0.1, 0.15) is 0 Å². The monoisotopic (exact) mass is 118 g/mol. The summed E-state index contributed by atoms with van der Waals surface area (Å²) in [6, 6.07) is 0. The van der Waals surface area contributed by atoms with Gasteiger partial charge in [-0.05, 0) is 6.42 Å². The molecule has 0 amide bonds. The Morgan fingerprint density at radius 1 is 1.43 bits per heavy atom. The second-order valence-corrected chi connectivity index (χ2v) is 5.59. The molecule has 0 N–H and O–H groups in total. The van der Waals surface area contributed by atoms with Crippen LogP contribution in [-0.2, 0) is 0 Å². The lowest BCUT2D eigenvalue weighted by atomic mass is 10.6. The second kappa shape index (κ2) is 4.62. The van der Waals surface area contributed by atoms with Crippen LogP contribution in [-0.4, -0.2) is 20.8 Å². The third-order valence-corrected chi connectivity index (χ3v) is 2.48. The van der Waals surface area contributed by atoms with Crippen LogP contribution in [0.3, 0.4) is 0 Å². The van der Waals surface area contributed by atoms with Crippen molar-refractivity contribution in [2.45, 2.75) is 23.3 Å². The van der Waals surface area contributed by atoms with Crippen LogP contribution >= 0.6 is 0 Å². The molecule has 0 aliphatic heterocycles. The molecule has 0 saturated heterocycles. The van der Waals surface area contributed by atoms with Crippen molar-refractivity contribution < 1.29 is 4.39 Å². The van der Waals surface area contributed by atoms with Crippen LogP contribution in [0.5, 0.6) is 0 Å². The second-order valence-electron chi connectivity index (χ2n) is 2.23. The average molecular weight is 118 g/mol. The lowest BCUT2D eigenvalue weighted by molar-refractivity contribution is 0.486. The molecular formula is C5H12AlF. The smallest absolute Gasteiger partial charge is 0.251 e. The minimum absolute atomic E-state index is 0.120. The molecule has 0 spiro atoms. The van der Waals surface area contributed by atoms with Gasteiger partial charge in [0.05, 0.1) is 6.67 Å². The van der Waals surface area contributed by atoms with Crippen molar-refractivity contribution in [1.82, 2.24) is 0 Å². The quantitative estimate of drug-likeness (QED) is 0.498. The van der Waals surface area contributed by atoms with E-state index in [0.717, 1.165) is 11.7 Å². The molecule has 0 fully saturated rings. The van der Waals surface area contributed by atoms with Crippen LogP contribution in [0.15, 0.2) is 0 Å². The molecule has 0 nitrogen and oxygen atoms in total. The zero-order chi connectivity index (χ0) is 5.70. The lowest BCUT2D eigenvalue weighted by Crippen LogP contribution is -1.97. The van der Waals surface area contributed by atoms with Gasteiger partial charge >= 0.3 is 0 Å². The zero-order valence-electron chi connectivity index (χ0n) is 5.08. The van der Waals surface area contributed by atoms with E-state index in [2.05, 4.69) is 11.6 Å². The fourth-order valence-corrected chi connectivity index (χ4v) is 1.46. The molecule has 0 heterocycles. The first kappa shape index (κ1) is 7.46. The van der Waals surface area contributed by atoms with Gasteiger partial charge in [0.2, 0.25) is 0 Å². The Balaban J connectivity index is 2.68. The van der Waals surface area contributed by atoms with Crippen molar-refractivity contribution in [3.05, 3.63) is 0 Å². The molecule has 2 heteroatoms. The lowest BCUT2D eigenvalue weighted by Gasteiger charge is -1.91. The third-order valence-electron chi connectivity index (χ3n) is 0.915. The van der Waals surface area contributed by atoms with Gasteiger partial charge in [0, 0.05) is 0 Å². The Bertz CT molecular complexity index is 37.1. The molecule has 0 rings (SSSR count). The molecule has 0 aromatic carbocycles. The topological polar surface area (TPSA) is 0 Å². The van der Waals surface area contributed by atoms with Gasteiger partial charge in [0.15, 0.2) is 0 Å². The van der Waals surface area contributed by atoms with Crippen LogP contribution in [0.2, 0.25) is 16.9 Å².